The van der Waals surface area contributed by atoms with E-state index in [1.807, 2.05) is 78.9 Å². The lowest BCUT2D eigenvalue weighted by Crippen LogP contribution is -2.39. The lowest BCUT2D eigenvalue weighted by Gasteiger charge is -2.34. The number of nitrogens with zero attached hydrogens (tertiary/aromatic N) is 1. The van der Waals surface area contributed by atoms with Gasteiger partial charge in [0.05, 0.1) is 0 Å². The topological polar surface area (TPSA) is 20.3 Å². The molecule has 0 radical (unpaired) electrons. The first-order chi connectivity index (χ1) is 14.2. The largest absolute Gasteiger partial charge is 0.289 e. The van der Waals surface area contributed by atoms with E-state index in [4.69, 9.17) is 0 Å². The lowest BCUT2D eigenvalue weighted by atomic mass is 9.92. The van der Waals surface area contributed by atoms with Crippen LogP contribution in [0.2, 0.25) is 0 Å². The minimum Gasteiger partial charge on any atom is -0.289 e. The Hall–Kier alpha value is -3.23. The maximum atomic E-state index is 13.3. The number of hydrogen-bond donors (Lipinski definition) is 0. The van der Waals surface area contributed by atoms with E-state index in [-0.39, 0.29) is 11.8 Å². The minimum absolute atomic E-state index is 0.147. The zero-order valence-corrected chi connectivity index (χ0v) is 16.7. The van der Waals surface area contributed by atoms with Crippen molar-refractivity contribution in [3.8, 4) is 0 Å². The number of Topliss-reactive ketones (excluding diaryl/α,β-unsaturated/α-hetero) is 1. The number of ketones is 1. The van der Waals surface area contributed by atoms with Gasteiger partial charge in [-0.3, -0.25) is 9.69 Å². The van der Waals surface area contributed by atoms with Crippen molar-refractivity contribution in [2.75, 3.05) is 13.1 Å². The van der Waals surface area contributed by atoms with Crippen molar-refractivity contribution < 1.29 is 4.79 Å². The lowest BCUT2D eigenvalue weighted by molar-refractivity contribution is -0.113. The molecule has 1 unspecified atom stereocenters. The maximum Gasteiger partial charge on any atom is 0.187 e. The molecule has 0 N–H and O–H groups in total. The van der Waals surface area contributed by atoms with Crippen molar-refractivity contribution in [2.24, 2.45) is 0 Å². The molecule has 29 heavy (non-hydrogen) atoms. The van der Waals surface area contributed by atoms with Gasteiger partial charge >= 0.3 is 0 Å². The quantitative estimate of drug-likeness (QED) is 0.534. The highest BCUT2D eigenvalue weighted by Crippen LogP contribution is 2.29. The van der Waals surface area contributed by atoms with E-state index in [1.165, 1.54) is 5.56 Å². The molecular weight excluding hydrogens is 354 g/mol. The highest BCUT2D eigenvalue weighted by Gasteiger charge is 2.29. The summed E-state index contributed by atoms with van der Waals surface area (Å²) in [5, 5.41) is 0. The Morgan fingerprint density at radius 3 is 1.55 bits per heavy atom. The molecule has 2 nitrogen and oxygen atoms in total. The Morgan fingerprint density at radius 2 is 1.10 bits per heavy atom. The summed E-state index contributed by atoms with van der Waals surface area (Å²) in [6.07, 6.45) is 4.07. The molecule has 0 bridgehead atoms. The summed E-state index contributed by atoms with van der Waals surface area (Å²) in [6, 6.07) is 30.9. The number of benzene rings is 3. The summed E-state index contributed by atoms with van der Waals surface area (Å²) in [6.45, 7) is 3.51. The summed E-state index contributed by atoms with van der Waals surface area (Å²) >= 11 is 0. The molecule has 1 aliphatic heterocycles. The van der Waals surface area contributed by atoms with Gasteiger partial charge in [-0.2, -0.15) is 0 Å². The number of likely N-dealkylation sites (tertiary alicyclic amines) is 1. The molecule has 1 heterocycles. The molecule has 1 atom stereocenters. The monoisotopic (exact) mass is 379 g/mol. The van der Waals surface area contributed by atoms with E-state index in [9.17, 15) is 4.79 Å². The minimum atomic E-state index is 0.147. The zero-order chi connectivity index (χ0) is 20.1. The Bertz CT molecular complexity index is 958. The molecule has 1 fully saturated rings. The Kier molecular flexibility index (Phi) is 5.83. The van der Waals surface area contributed by atoms with Gasteiger partial charge in [-0.05, 0) is 35.8 Å². The van der Waals surface area contributed by atoms with Gasteiger partial charge < -0.3 is 0 Å². The fourth-order valence-corrected chi connectivity index (χ4v) is 3.78. The van der Waals surface area contributed by atoms with E-state index >= 15 is 0 Å². The summed E-state index contributed by atoms with van der Waals surface area (Å²) in [5.41, 5.74) is 5.06. The van der Waals surface area contributed by atoms with Crippen molar-refractivity contribution in [3.05, 3.63) is 119 Å². The Labute approximate surface area is 172 Å². The maximum absolute atomic E-state index is 13.3. The van der Waals surface area contributed by atoms with Crippen LogP contribution in [0.3, 0.4) is 0 Å². The second-order valence-corrected chi connectivity index (χ2v) is 7.48. The molecule has 3 aromatic carbocycles. The predicted molar refractivity (Wildman–Crippen MR) is 120 cm³/mol. The van der Waals surface area contributed by atoms with Crippen LogP contribution in [0.25, 0.3) is 12.2 Å². The standard InChI is InChI=1S/C27H25NO/c1-21(24-15-9-4-10-16-24)28-19-25(17-22-11-5-2-6-12-22)27(29)26(20-28)18-23-13-7-3-8-14-23/h2-18,21H,19-20H2,1H3. The van der Waals surface area contributed by atoms with E-state index in [0.717, 1.165) is 22.3 Å². The SMILES string of the molecule is CC(c1ccccc1)N1CC(=Cc2ccccc2)C(=O)C(=Cc2ccccc2)C1. The second kappa shape index (κ2) is 8.85. The fraction of sp³-hybridized carbons (Fsp3) is 0.148. The van der Waals surface area contributed by atoms with E-state index in [2.05, 4.69) is 36.1 Å². The molecule has 0 aromatic heterocycles. The summed E-state index contributed by atoms with van der Waals surface area (Å²) < 4.78 is 0. The highest BCUT2D eigenvalue weighted by atomic mass is 16.1. The number of rotatable bonds is 4. The molecule has 3 aromatic rings. The van der Waals surface area contributed by atoms with Gasteiger partial charge in [0.15, 0.2) is 5.78 Å². The van der Waals surface area contributed by atoms with Crippen LogP contribution >= 0.6 is 0 Å². The van der Waals surface area contributed by atoms with Crippen LogP contribution in [-0.4, -0.2) is 23.8 Å². The van der Waals surface area contributed by atoms with Crippen molar-refractivity contribution in [2.45, 2.75) is 13.0 Å². The van der Waals surface area contributed by atoms with Crippen LogP contribution in [-0.2, 0) is 4.79 Å². The smallest absolute Gasteiger partial charge is 0.187 e. The number of piperidine rings is 1. The fourth-order valence-electron chi connectivity index (χ4n) is 3.78. The normalized spacial score (nSPS) is 18.9. The first kappa shape index (κ1) is 19.1. The molecule has 144 valence electrons. The molecule has 1 saturated heterocycles. The van der Waals surface area contributed by atoms with Gasteiger partial charge in [-0.1, -0.05) is 91.0 Å². The molecule has 0 amide bonds. The van der Waals surface area contributed by atoms with Crippen molar-refractivity contribution in [1.82, 2.24) is 4.90 Å². The van der Waals surface area contributed by atoms with Gasteiger partial charge in [-0.25, -0.2) is 0 Å². The van der Waals surface area contributed by atoms with Crippen LogP contribution in [0, 0.1) is 0 Å². The Balaban J connectivity index is 1.71. The van der Waals surface area contributed by atoms with E-state index in [0.29, 0.717) is 13.1 Å². The molecule has 0 aliphatic carbocycles. The van der Waals surface area contributed by atoms with Crippen LogP contribution in [0.4, 0.5) is 0 Å². The third-order valence-corrected chi connectivity index (χ3v) is 5.44. The van der Waals surface area contributed by atoms with Gasteiger partial charge in [0.2, 0.25) is 0 Å². The molecule has 0 saturated carbocycles. The molecule has 2 heteroatoms. The average molecular weight is 380 g/mol. The van der Waals surface area contributed by atoms with Crippen LogP contribution in [0.5, 0.6) is 0 Å². The van der Waals surface area contributed by atoms with Crippen LogP contribution < -0.4 is 0 Å². The second-order valence-electron chi connectivity index (χ2n) is 7.48. The molecule has 0 spiro atoms. The van der Waals surface area contributed by atoms with Crippen molar-refractivity contribution in [3.63, 3.8) is 0 Å². The van der Waals surface area contributed by atoms with Gasteiger partial charge in [0, 0.05) is 30.3 Å². The number of carbonyl (C=O) groups is 1. The van der Waals surface area contributed by atoms with Crippen LogP contribution in [0.15, 0.2) is 102 Å². The third-order valence-electron chi connectivity index (χ3n) is 5.44. The van der Waals surface area contributed by atoms with Gasteiger partial charge in [0.25, 0.3) is 0 Å². The van der Waals surface area contributed by atoms with Gasteiger partial charge in [0.1, 0.15) is 0 Å². The molecule has 1 aliphatic rings. The van der Waals surface area contributed by atoms with Crippen LogP contribution in [0.1, 0.15) is 29.7 Å². The van der Waals surface area contributed by atoms with E-state index in [1.54, 1.807) is 0 Å². The van der Waals surface area contributed by atoms with Crippen molar-refractivity contribution in [1.29, 1.82) is 0 Å². The average Bonchev–Trinajstić information content (AvgIpc) is 2.78. The van der Waals surface area contributed by atoms with E-state index < -0.39 is 0 Å². The molecular formula is C27H25NO. The number of carbonyl (C=O) groups excluding carboxylic acids is 1. The summed E-state index contributed by atoms with van der Waals surface area (Å²) in [4.78, 5) is 15.7. The summed E-state index contributed by atoms with van der Waals surface area (Å²) in [5.74, 6) is 0.147. The summed E-state index contributed by atoms with van der Waals surface area (Å²) in [7, 11) is 0. The Morgan fingerprint density at radius 1 is 0.690 bits per heavy atom. The first-order valence-electron chi connectivity index (χ1n) is 10.1. The third kappa shape index (κ3) is 4.61. The predicted octanol–water partition coefficient (Wildman–Crippen LogP) is 5.80. The highest BCUT2D eigenvalue weighted by molar-refractivity contribution is 6.14. The zero-order valence-electron chi connectivity index (χ0n) is 16.7. The number of hydrogen-bond acceptors (Lipinski definition) is 2. The molecule has 4 rings (SSSR count). The van der Waals surface area contributed by atoms with Gasteiger partial charge in [-0.15, -0.1) is 0 Å². The first-order valence-corrected chi connectivity index (χ1v) is 10.1. The van der Waals surface area contributed by atoms with Crippen molar-refractivity contribution >= 4 is 17.9 Å².